The van der Waals surface area contributed by atoms with Crippen molar-refractivity contribution < 1.29 is 4.39 Å². The van der Waals surface area contributed by atoms with Gasteiger partial charge in [-0.15, -0.1) is 0 Å². The fourth-order valence-electron chi connectivity index (χ4n) is 1.72. The van der Waals surface area contributed by atoms with Crippen molar-refractivity contribution in [2.24, 2.45) is 7.05 Å². The molecule has 0 amide bonds. The Kier molecular flexibility index (Phi) is 3.08. The van der Waals surface area contributed by atoms with Crippen LogP contribution in [0.25, 0.3) is 11.4 Å². The molecule has 0 radical (unpaired) electrons. The van der Waals surface area contributed by atoms with Gasteiger partial charge in [0.05, 0.1) is 5.56 Å². The van der Waals surface area contributed by atoms with Gasteiger partial charge in [-0.05, 0) is 24.6 Å². The molecule has 17 heavy (non-hydrogen) atoms. The number of hydrogen-bond donors (Lipinski definition) is 1. The van der Waals surface area contributed by atoms with Crippen LogP contribution in [0, 0.1) is 5.82 Å². The molecule has 1 heterocycles. The molecule has 0 saturated carbocycles. The first-order valence-electron chi connectivity index (χ1n) is 5.57. The zero-order valence-corrected chi connectivity index (χ0v) is 9.94. The Labute approximate surface area is 99.3 Å². The minimum Gasteiger partial charge on any atom is -0.399 e. The number of hydrogen-bond acceptors (Lipinski definition) is 3. The van der Waals surface area contributed by atoms with Crippen LogP contribution in [0.4, 0.5) is 10.1 Å². The van der Waals surface area contributed by atoms with Crippen molar-refractivity contribution in [1.29, 1.82) is 0 Å². The highest BCUT2D eigenvalue weighted by Gasteiger charge is 2.13. The van der Waals surface area contributed by atoms with E-state index < -0.39 is 0 Å². The SMILES string of the molecule is CCCc1nc(-c2cc(N)ccc2F)n(C)n1. The van der Waals surface area contributed by atoms with Crippen molar-refractivity contribution in [3.63, 3.8) is 0 Å². The summed E-state index contributed by atoms with van der Waals surface area (Å²) in [4.78, 5) is 4.33. The third-order valence-corrected chi connectivity index (χ3v) is 2.51. The van der Waals surface area contributed by atoms with Gasteiger partial charge in [0.25, 0.3) is 0 Å². The number of rotatable bonds is 3. The molecule has 5 heteroatoms. The fourth-order valence-corrected chi connectivity index (χ4v) is 1.72. The highest BCUT2D eigenvalue weighted by atomic mass is 19.1. The summed E-state index contributed by atoms with van der Waals surface area (Å²) in [6.45, 7) is 2.05. The molecule has 2 aromatic rings. The first-order valence-corrected chi connectivity index (χ1v) is 5.57. The molecule has 0 unspecified atom stereocenters. The molecule has 0 saturated heterocycles. The van der Waals surface area contributed by atoms with E-state index in [1.807, 2.05) is 0 Å². The standard InChI is InChI=1S/C12H15FN4/c1-3-4-11-15-12(17(2)16-11)9-7-8(14)5-6-10(9)13/h5-7H,3-4,14H2,1-2H3. The quantitative estimate of drug-likeness (QED) is 0.828. The lowest BCUT2D eigenvalue weighted by atomic mass is 10.2. The van der Waals surface area contributed by atoms with Crippen molar-refractivity contribution in [2.45, 2.75) is 19.8 Å². The van der Waals surface area contributed by atoms with Gasteiger partial charge < -0.3 is 5.73 Å². The average Bonchev–Trinajstić information content (AvgIpc) is 2.64. The van der Waals surface area contributed by atoms with Gasteiger partial charge in [-0.25, -0.2) is 14.1 Å². The van der Waals surface area contributed by atoms with E-state index in [-0.39, 0.29) is 5.82 Å². The van der Waals surface area contributed by atoms with Gasteiger partial charge in [-0.1, -0.05) is 6.92 Å². The molecule has 0 fully saturated rings. The van der Waals surface area contributed by atoms with Gasteiger partial charge >= 0.3 is 0 Å². The van der Waals surface area contributed by atoms with Gasteiger partial charge in [-0.3, -0.25) is 0 Å². The Bertz CT molecular complexity index is 533. The van der Waals surface area contributed by atoms with E-state index in [0.29, 0.717) is 17.1 Å². The third-order valence-electron chi connectivity index (χ3n) is 2.51. The highest BCUT2D eigenvalue weighted by Crippen LogP contribution is 2.23. The predicted octanol–water partition coefficient (Wildman–Crippen LogP) is 2.16. The Morgan fingerprint density at radius 3 is 2.88 bits per heavy atom. The van der Waals surface area contributed by atoms with E-state index in [2.05, 4.69) is 17.0 Å². The monoisotopic (exact) mass is 234 g/mol. The summed E-state index contributed by atoms with van der Waals surface area (Å²) < 4.78 is 15.3. The van der Waals surface area contributed by atoms with Gasteiger partial charge in [-0.2, -0.15) is 5.10 Å². The maximum atomic E-state index is 13.7. The smallest absolute Gasteiger partial charge is 0.161 e. The summed E-state index contributed by atoms with van der Waals surface area (Å²) in [6, 6.07) is 4.45. The van der Waals surface area contributed by atoms with Crippen LogP contribution in [0.3, 0.4) is 0 Å². The second-order valence-electron chi connectivity index (χ2n) is 3.96. The van der Waals surface area contributed by atoms with Crippen molar-refractivity contribution >= 4 is 5.69 Å². The number of benzene rings is 1. The average molecular weight is 234 g/mol. The van der Waals surface area contributed by atoms with Crippen LogP contribution in [0.5, 0.6) is 0 Å². The Balaban J connectivity index is 2.48. The van der Waals surface area contributed by atoms with Gasteiger partial charge in [0, 0.05) is 19.2 Å². The van der Waals surface area contributed by atoms with Crippen LogP contribution in [-0.2, 0) is 13.5 Å². The van der Waals surface area contributed by atoms with E-state index in [1.165, 1.54) is 12.1 Å². The largest absolute Gasteiger partial charge is 0.399 e. The molecule has 0 bridgehead atoms. The van der Waals surface area contributed by atoms with Gasteiger partial charge in [0.1, 0.15) is 5.82 Å². The zero-order chi connectivity index (χ0) is 12.4. The van der Waals surface area contributed by atoms with Gasteiger partial charge in [0.2, 0.25) is 0 Å². The minimum atomic E-state index is -0.335. The summed E-state index contributed by atoms with van der Waals surface area (Å²) in [5.74, 6) is 0.905. The molecular weight excluding hydrogens is 219 g/mol. The fraction of sp³-hybridized carbons (Fsp3) is 0.333. The molecule has 2 rings (SSSR count). The summed E-state index contributed by atoms with van der Waals surface area (Å²) in [6.07, 6.45) is 1.75. The number of nitrogens with zero attached hydrogens (tertiary/aromatic N) is 3. The van der Waals surface area contributed by atoms with E-state index in [0.717, 1.165) is 18.7 Å². The van der Waals surface area contributed by atoms with E-state index in [1.54, 1.807) is 17.8 Å². The van der Waals surface area contributed by atoms with E-state index in [4.69, 9.17) is 5.73 Å². The number of aryl methyl sites for hydroxylation is 2. The van der Waals surface area contributed by atoms with Crippen LogP contribution < -0.4 is 5.73 Å². The molecule has 0 atom stereocenters. The van der Waals surface area contributed by atoms with Crippen molar-refractivity contribution in [2.75, 3.05) is 5.73 Å². The van der Waals surface area contributed by atoms with Crippen molar-refractivity contribution in [3.8, 4) is 11.4 Å². The lowest BCUT2D eigenvalue weighted by Crippen LogP contribution is -1.97. The molecule has 2 N–H and O–H groups in total. The highest BCUT2D eigenvalue weighted by molar-refractivity contribution is 5.62. The minimum absolute atomic E-state index is 0.335. The second-order valence-corrected chi connectivity index (χ2v) is 3.96. The molecule has 0 spiro atoms. The topological polar surface area (TPSA) is 56.7 Å². The maximum absolute atomic E-state index is 13.7. The zero-order valence-electron chi connectivity index (χ0n) is 9.94. The van der Waals surface area contributed by atoms with Crippen LogP contribution in [0.2, 0.25) is 0 Å². The normalized spacial score (nSPS) is 10.8. The molecule has 1 aromatic heterocycles. The first kappa shape index (κ1) is 11.6. The predicted molar refractivity (Wildman–Crippen MR) is 64.8 cm³/mol. The van der Waals surface area contributed by atoms with Gasteiger partial charge in [0.15, 0.2) is 11.6 Å². The van der Waals surface area contributed by atoms with E-state index >= 15 is 0 Å². The summed E-state index contributed by atoms with van der Waals surface area (Å²) in [5.41, 5.74) is 6.56. The molecule has 0 aliphatic heterocycles. The molecule has 0 aliphatic carbocycles. The van der Waals surface area contributed by atoms with Crippen molar-refractivity contribution in [1.82, 2.24) is 14.8 Å². The van der Waals surface area contributed by atoms with E-state index in [9.17, 15) is 4.39 Å². The van der Waals surface area contributed by atoms with Crippen LogP contribution >= 0.6 is 0 Å². The molecule has 4 nitrogen and oxygen atoms in total. The Morgan fingerprint density at radius 2 is 2.18 bits per heavy atom. The Morgan fingerprint density at radius 1 is 1.41 bits per heavy atom. The maximum Gasteiger partial charge on any atom is 0.161 e. The lowest BCUT2D eigenvalue weighted by molar-refractivity contribution is 0.627. The number of halogens is 1. The van der Waals surface area contributed by atoms with Crippen LogP contribution in [0.1, 0.15) is 19.2 Å². The molecule has 1 aromatic carbocycles. The summed E-state index contributed by atoms with van der Waals surface area (Å²) in [5, 5.41) is 4.25. The third kappa shape index (κ3) is 2.27. The van der Waals surface area contributed by atoms with Crippen LogP contribution in [-0.4, -0.2) is 14.8 Å². The number of anilines is 1. The lowest BCUT2D eigenvalue weighted by Gasteiger charge is -2.02. The number of aromatic nitrogens is 3. The summed E-state index contributed by atoms with van der Waals surface area (Å²) >= 11 is 0. The molecule has 0 aliphatic rings. The van der Waals surface area contributed by atoms with Crippen LogP contribution in [0.15, 0.2) is 18.2 Å². The molecule has 90 valence electrons. The number of nitrogens with two attached hydrogens (primary N) is 1. The molecular formula is C12H15FN4. The van der Waals surface area contributed by atoms with Crippen molar-refractivity contribution in [3.05, 3.63) is 29.8 Å². The number of nitrogen functional groups attached to an aromatic ring is 1. The Hall–Kier alpha value is -1.91. The summed E-state index contributed by atoms with van der Waals surface area (Å²) in [7, 11) is 1.75. The first-order chi connectivity index (χ1) is 8.11. The second kappa shape index (κ2) is 4.53.